The van der Waals surface area contributed by atoms with E-state index >= 15 is 0 Å². The molecule has 10 heteroatoms. The molecular formula is C12H6F3N7. The van der Waals surface area contributed by atoms with E-state index in [1.807, 2.05) is 0 Å². The van der Waals surface area contributed by atoms with Crippen molar-refractivity contribution in [3.8, 4) is 5.82 Å². The molecule has 0 aliphatic heterocycles. The van der Waals surface area contributed by atoms with Gasteiger partial charge in [0.25, 0.3) is 5.82 Å². The predicted molar refractivity (Wildman–Crippen MR) is 68.2 cm³/mol. The third kappa shape index (κ3) is 1.80. The highest BCUT2D eigenvalue weighted by molar-refractivity contribution is 5.75. The lowest BCUT2D eigenvalue weighted by molar-refractivity contribution is -0.146. The topological polar surface area (TPSA) is 73.8 Å². The largest absolute Gasteiger partial charge is 0.453 e. The van der Waals surface area contributed by atoms with Gasteiger partial charge in [-0.3, -0.25) is 0 Å². The molecule has 1 aromatic carbocycles. The molecule has 0 aliphatic carbocycles. The van der Waals surface area contributed by atoms with Crippen LogP contribution in [0.15, 0.2) is 36.4 Å². The van der Waals surface area contributed by atoms with Crippen LogP contribution in [-0.4, -0.2) is 34.8 Å². The van der Waals surface area contributed by atoms with Gasteiger partial charge in [0.05, 0.1) is 5.52 Å². The first-order valence-corrected chi connectivity index (χ1v) is 6.14. The van der Waals surface area contributed by atoms with Crippen molar-refractivity contribution in [2.24, 2.45) is 0 Å². The molecule has 0 atom stereocenters. The molecule has 4 rings (SSSR count). The van der Waals surface area contributed by atoms with Crippen LogP contribution in [0.3, 0.4) is 0 Å². The predicted octanol–water partition coefficient (Wildman–Crippen LogP) is 1.88. The van der Waals surface area contributed by atoms with Crippen molar-refractivity contribution in [3.63, 3.8) is 0 Å². The van der Waals surface area contributed by atoms with Crippen LogP contribution in [0.25, 0.3) is 22.5 Å². The van der Waals surface area contributed by atoms with Crippen molar-refractivity contribution in [2.45, 2.75) is 6.18 Å². The number of hydrogen-bond acceptors (Lipinski definition) is 5. The van der Waals surface area contributed by atoms with Gasteiger partial charge in [0.15, 0.2) is 11.5 Å². The summed E-state index contributed by atoms with van der Waals surface area (Å²) < 4.78 is 40.6. The summed E-state index contributed by atoms with van der Waals surface area (Å²) in [4.78, 5) is 0. The summed E-state index contributed by atoms with van der Waals surface area (Å²) in [6.07, 6.45) is -4.64. The maximum absolute atomic E-state index is 12.9. The first-order valence-electron chi connectivity index (χ1n) is 6.14. The number of nitrogens with zero attached hydrogens (tertiary/aromatic N) is 7. The van der Waals surface area contributed by atoms with Gasteiger partial charge in [0.1, 0.15) is 5.52 Å². The lowest BCUT2D eigenvalue weighted by Gasteiger charge is -2.05. The van der Waals surface area contributed by atoms with E-state index in [1.165, 1.54) is 16.8 Å². The summed E-state index contributed by atoms with van der Waals surface area (Å²) in [5, 5.41) is 18.4. The van der Waals surface area contributed by atoms with Gasteiger partial charge in [-0.25, -0.2) is 0 Å². The molecule has 0 unspecified atom stereocenters. The number of hydrogen-bond donors (Lipinski definition) is 0. The van der Waals surface area contributed by atoms with Gasteiger partial charge in [-0.05, 0) is 24.3 Å². The number of aromatic nitrogens is 7. The second-order valence-corrected chi connectivity index (χ2v) is 4.47. The summed E-state index contributed by atoms with van der Waals surface area (Å²) in [6.45, 7) is 0. The molecule has 110 valence electrons. The Morgan fingerprint density at radius 2 is 1.73 bits per heavy atom. The van der Waals surface area contributed by atoms with Gasteiger partial charge >= 0.3 is 6.18 Å². The van der Waals surface area contributed by atoms with Gasteiger partial charge < -0.3 is 0 Å². The molecule has 0 saturated carbocycles. The zero-order valence-electron chi connectivity index (χ0n) is 10.7. The fraction of sp³-hybridized carbons (Fsp3) is 0.0833. The fourth-order valence-corrected chi connectivity index (χ4v) is 2.11. The Bertz CT molecular complexity index is 985. The van der Waals surface area contributed by atoms with Gasteiger partial charge in [-0.15, -0.1) is 20.4 Å². The quantitative estimate of drug-likeness (QED) is 0.537. The van der Waals surface area contributed by atoms with Crippen LogP contribution in [0.4, 0.5) is 13.2 Å². The minimum atomic E-state index is -4.64. The van der Waals surface area contributed by atoms with Crippen LogP contribution < -0.4 is 0 Å². The number of halogens is 3. The van der Waals surface area contributed by atoms with E-state index in [1.54, 1.807) is 24.3 Å². The van der Waals surface area contributed by atoms with E-state index in [4.69, 9.17) is 0 Å². The highest BCUT2D eigenvalue weighted by Gasteiger charge is 2.37. The normalized spacial score (nSPS) is 12.3. The lowest BCUT2D eigenvalue weighted by Crippen LogP contribution is -2.14. The number of alkyl halides is 3. The summed E-state index contributed by atoms with van der Waals surface area (Å²) >= 11 is 0. The standard InChI is InChI=1S/C12H6F3N7/c13-12(14,15)11-18-17-9-5-6-10(19-22(9)11)21-8-4-2-1-3-7(8)16-20-21/h1-6H. The van der Waals surface area contributed by atoms with Crippen LogP contribution in [-0.2, 0) is 6.18 Å². The number of rotatable bonds is 1. The molecule has 0 saturated heterocycles. The molecule has 0 radical (unpaired) electrons. The second-order valence-electron chi connectivity index (χ2n) is 4.47. The molecule has 0 N–H and O–H groups in total. The lowest BCUT2D eigenvalue weighted by atomic mass is 10.3. The SMILES string of the molecule is FC(F)(F)c1nnc2ccc(-n3nnc4ccccc43)nn12. The fourth-order valence-electron chi connectivity index (χ4n) is 2.11. The van der Waals surface area contributed by atoms with E-state index in [9.17, 15) is 13.2 Å². The summed E-state index contributed by atoms with van der Waals surface area (Å²) in [5.41, 5.74) is 1.25. The van der Waals surface area contributed by atoms with Crippen LogP contribution in [0.1, 0.15) is 5.82 Å². The number of benzene rings is 1. The van der Waals surface area contributed by atoms with Crippen LogP contribution >= 0.6 is 0 Å². The van der Waals surface area contributed by atoms with Crippen molar-refractivity contribution >= 4 is 16.7 Å². The number of para-hydroxylation sites is 1. The Morgan fingerprint density at radius 3 is 2.55 bits per heavy atom. The van der Waals surface area contributed by atoms with Crippen LogP contribution in [0, 0.1) is 0 Å². The van der Waals surface area contributed by atoms with Crippen LogP contribution in [0.5, 0.6) is 0 Å². The van der Waals surface area contributed by atoms with E-state index in [-0.39, 0.29) is 11.5 Å². The zero-order valence-corrected chi connectivity index (χ0v) is 10.7. The van der Waals surface area contributed by atoms with Gasteiger partial charge in [-0.1, -0.05) is 17.3 Å². The first-order chi connectivity index (χ1) is 10.5. The molecule has 22 heavy (non-hydrogen) atoms. The molecule has 0 aliphatic rings. The molecular weight excluding hydrogens is 299 g/mol. The Morgan fingerprint density at radius 1 is 0.909 bits per heavy atom. The third-order valence-corrected chi connectivity index (χ3v) is 3.07. The zero-order chi connectivity index (χ0) is 15.3. The van der Waals surface area contributed by atoms with Crippen LogP contribution in [0.2, 0.25) is 0 Å². The Kier molecular flexibility index (Phi) is 2.44. The Labute approximate surface area is 120 Å². The summed E-state index contributed by atoms with van der Waals surface area (Å²) in [5.74, 6) is -1.000. The van der Waals surface area contributed by atoms with E-state index < -0.39 is 12.0 Å². The maximum atomic E-state index is 12.9. The van der Waals surface area contributed by atoms with Crippen molar-refractivity contribution in [1.82, 2.24) is 34.8 Å². The van der Waals surface area contributed by atoms with Crippen molar-refractivity contribution in [3.05, 3.63) is 42.2 Å². The Hall–Kier alpha value is -3.04. The van der Waals surface area contributed by atoms with Gasteiger partial charge in [0.2, 0.25) is 0 Å². The van der Waals surface area contributed by atoms with Gasteiger partial charge in [0, 0.05) is 0 Å². The van der Waals surface area contributed by atoms with E-state index in [0.29, 0.717) is 15.5 Å². The average molecular weight is 305 g/mol. The highest BCUT2D eigenvalue weighted by Crippen LogP contribution is 2.27. The average Bonchev–Trinajstić information content (AvgIpc) is 3.10. The molecule has 0 bridgehead atoms. The number of fused-ring (bicyclic) bond motifs is 2. The molecule has 0 spiro atoms. The summed E-state index contributed by atoms with van der Waals surface area (Å²) in [6, 6.07) is 9.96. The first kappa shape index (κ1) is 12.7. The van der Waals surface area contributed by atoms with E-state index in [0.717, 1.165) is 0 Å². The monoisotopic (exact) mass is 305 g/mol. The molecule has 4 aromatic rings. The van der Waals surface area contributed by atoms with Gasteiger partial charge in [-0.2, -0.15) is 22.4 Å². The minimum Gasteiger partial charge on any atom is -0.193 e. The molecule has 7 nitrogen and oxygen atoms in total. The second kappa shape index (κ2) is 4.23. The van der Waals surface area contributed by atoms with Crippen molar-refractivity contribution < 1.29 is 13.2 Å². The smallest absolute Gasteiger partial charge is 0.193 e. The van der Waals surface area contributed by atoms with Crippen molar-refractivity contribution in [1.29, 1.82) is 0 Å². The molecule has 0 amide bonds. The molecule has 0 fully saturated rings. The van der Waals surface area contributed by atoms with Crippen molar-refractivity contribution in [2.75, 3.05) is 0 Å². The molecule has 3 aromatic heterocycles. The maximum Gasteiger partial charge on any atom is 0.453 e. The summed E-state index contributed by atoms with van der Waals surface area (Å²) in [7, 11) is 0. The highest BCUT2D eigenvalue weighted by atomic mass is 19.4. The Balaban J connectivity index is 1.96. The minimum absolute atomic E-state index is 0.000459. The molecule has 3 heterocycles. The third-order valence-electron chi connectivity index (χ3n) is 3.07. The van der Waals surface area contributed by atoms with E-state index in [2.05, 4.69) is 25.6 Å².